The third-order valence-corrected chi connectivity index (χ3v) is 4.13. The molecule has 27 heavy (non-hydrogen) atoms. The summed E-state index contributed by atoms with van der Waals surface area (Å²) in [5.41, 5.74) is 7.33. The van der Waals surface area contributed by atoms with E-state index < -0.39 is 0 Å². The number of halogens is 1. The maximum atomic E-state index is 13.3. The zero-order valence-corrected chi connectivity index (χ0v) is 14.7. The Morgan fingerprint density at radius 2 is 1.78 bits per heavy atom. The number of benzene rings is 3. The summed E-state index contributed by atoms with van der Waals surface area (Å²) in [6.07, 6.45) is 1.54. The molecule has 0 saturated carbocycles. The number of nitrogens with one attached hydrogen (secondary N) is 1. The van der Waals surface area contributed by atoms with Crippen LogP contribution < -0.4 is 5.43 Å². The van der Waals surface area contributed by atoms with Crippen LogP contribution in [0.3, 0.4) is 0 Å². The molecule has 5 heteroatoms. The lowest BCUT2D eigenvalue weighted by Crippen LogP contribution is -2.00. The van der Waals surface area contributed by atoms with Crippen LogP contribution in [0.5, 0.6) is 0 Å². The van der Waals surface area contributed by atoms with Crippen LogP contribution in [0.1, 0.15) is 11.1 Å². The van der Waals surface area contributed by atoms with Gasteiger partial charge in [0.1, 0.15) is 5.82 Å². The van der Waals surface area contributed by atoms with E-state index in [4.69, 9.17) is 0 Å². The van der Waals surface area contributed by atoms with Gasteiger partial charge >= 0.3 is 0 Å². The number of nitrogens with zero attached hydrogens (tertiary/aromatic N) is 3. The highest BCUT2D eigenvalue weighted by Gasteiger charge is 2.09. The number of aryl methyl sites for hydroxylation is 1. The predicted octanol–water partition coefficient (Wildman–Crippen LogP) is 5.19. The lowest BCUT2D eigenvalue weighted by atomic mass is 10.0. The van der Waals surface area contributed by atoms with Gasteiger partial charge in [-0.25, -0.2) is 19.8 Å². The van der Waals surface area contributed by atoms with E-state index in [0.717, 1.165) is 27.7 Å². The molecule has 0 radical (unpaired) electrons. The van der Waals surface area contributed by atoms with Crippen molar-refractivity contribution in [2.24, 2.45) is 5.10 Å². The van der Waals surface area contributed by atoms with Crippen molar-refractivity contribution >= 4 is 23.1 Å². The van der Waals surface area contributed by atoms with Gasteiger partial charge in [-0.05, 0) is 36.8 Å². The maximum absolute atomic E-state index is 13.3. The van der Waals surface area contributed by atoms with Crippen LogP contribution in [-0.4, -0.2) is 16.2 Å². The standard InChI is InChI=1S/C22H17FN4/c1-15-10-11-20-19(12-15)21(17-7-3-2-4-8-17)26-22(25-20)27-24-14-16-6-5-9-18(23)13-16/h2-14H,1H3,(H,25,26,27)/b24-14+. The van der Waals surface area contributed by atoms with Crippen LogP contribution >= 0.6 is 0 Å². The van der Waals surface area contributed by atoms with Crippen LogP contribution in [0.4, 0.5) is 10.3 Å². The zero-order valence-electron chi connectivity index (χ0n) is 14.7. The molecule has 1 aromatic heterocycles. The fourth-order valence-electron chi connectivity index (χ4n) is 2.86. The lowest BCUT2D eigenvalue weighted by Gasteiger charge is -2.09. The molecule has 0 unspecified atom stereocenters. The van der Waals surface area contributed by atoms with Crippen LogP contribution in [0, 0.1) is 12.7 Å². The van der Waals surface area contributed by atoms with Gasteiger partial charge in [0.05, 0.1) is 17.4 Å². The molecule has 0 fully saturated rings. The van der Waals surface area contributed by atoms with Gasteiger partial charge < -0.3 is 0 Å². The topological polar surface area (TPSA) is 50.2 Å². The number of hydrogen-bond acceptors (Lipinski definition) is 4. The monoisotopic (exact) mass is 356 g/mol. The molecule has 0 saturated heterocycles. The Hall–Kier alpha value is -3.60. The first-order valence-electron chi connectivity index (χ1n) is 8.57. The summed E-state index contributed by atoms with van der Waals surface area (Å²) in [6.45, 7) is 2.05. The van der Waals surface area contributed by atoms with Crippen molar-refractivity contribution in [3.63, 3.8) is 0 Å². The summed E-state index contributed by atoms with van der Waals surface area (Å²) < 4.78 is 13.3. The number of hydrazone groups is 1. The molecular formula is C22H17FN4. The largest absolute Gasteiger partial charge is 0.245 e. The number of aromatic nitrogens is 2. The molecule has 3 aromatic carbocycles. The quantitative estimate of drug-likeness (QED) is 0.404. The van der Waals surface area contributed by atoms with Crippen LogP contribution in [0.15, 0.2) is 77.9 Å². The van der Waals surface area contributed by atoms with E-state index in [9.17, 15) is 4.39 Å². The number of hydrogen-bond donors (Lipinski definition) is 1. The molecule has 0 aliphatic rings. The molecule has 0 atom stereocenters. The predicted molar refractivity (Wildman–Crippen MR) is 107 cm³/mol. The number of fused-ring (bicyclic) bond motifs is 1. The normalized spacial score (nSPS) is 11.2. The van der Waals surface area contributed by atoms with Gasteiger partial charge in [-0.15, -0.1) is 0 Å². The summed E-state index contributed by atoms with van der Waals surface area (Å²) in [5.74, 6) is 0.0838. The average Bonchev–Trinajstić information content (AvgIpc) is 2.68. The molecule has 0 amide bonds. The van der Waals surface area contributed by atoms with Gasteiger partial charge in [-0.1, -0.05) is 54.1 Å². The minimum Gasteiger partial charge on any atom is -0.245 e. The first-order chi connectivity index (χ1) is 13.2. The third-order valence-electron chi connectivity index (χ3n) is 4.13. The molecule has 4 nitrogen and oxygen atoms in total. The van der Waals surface area contributed by atoms with Gasteiger partial charge in [0, 0.05) is 10.9 Å². The second kappa shape index (κ2) is 7.33. The first-order valence-corrected chi connectivity index (χ1v) is 8.57. The molecule has 132 valence electrons. The SMILES string of the molecule is Cc1ccc2nc(N/N=C/c3cccc(F)c3)nc(-c3ccccc3)c2c1. The van der Waals surface area contributed by atoms with Crippen molar-refractivity contribution in [3.05, 3.63) is 89.7 Å². The van der Waals surface area contributed by atoms with E-state index in [0.29, 0.717) is 11.5 Å². The van der Waals surface area contributed by atoms with Crippen LogP contribution in [0.25, 0.3) is 22.2 Å². The van der Waals surface area contributed by atoms with Gasteiger partial charge in [0.2, 0.25) is 5.95 Å². The van der Waals surface area contributed by atoms with E-state index in [1.54, 1.807) is 12.1 Å². The fourth-order valence-corrected chi connectivity index (χ4v) is 2.86. The third kappa shape index (κ3) is 3.82. The minimum atomic E-state index is -0.303. The molecule has 1 heterocycles. The van der Waals surface area contributed by atoms with Crippen molar-refractivity contribution in [2.75, 3.05) is 5.43 Å². The Bertz CT molecular complexity index is 1120. The highest BCUT2D eigenvalue weighted by molar-refractivity contribution is 5.93. The second-order valence-corrected chi connectivity index (χ2v) is 6.21. The second-order valence-electron chi connectivity index (χ2n) is 6.21. The van der Waals surface area contributed by atoms with Crippen molar-refractivity contribution < 1.29 is 4.39 Å². The van der Waals surface area contributed by atoms with E-state index >= 15 is 0 Å². The Kier molecular flexibility index (Phi) is 4.58. The zero-order chi connectivity index (χ0) is 18.6. The van der Waals surface area contributed by atoms with Gasteiger partial charge in [0.25, 0.3) is 0 Å². The molecule has 0 aliphatic carbocycles. The smallest absolute Gasteiger partial charge is 0.244 e. The summed E-state index contributed by atoms with van der Waals surface area (Å²) >= 11 is 0. The summed E-state index contributed by atoms with van der Waals surface area (Å²) in [6, 6.07) is 22.3. The first kappa shape index (κ1) is 16.8. The van der Waals surface area contributed by atoms with Gasteiger partial charge in [-0.2, -0.15) is 5.10 Å². The van der Waals surface area contributed by atoms with Gasteiger partial charge in [0.15, 0.2) is 0 Å². The van der Waals surface area contributed by atoms with Gasteiger partial charge in [-0.3, -0.25) is 0 Å². The molecule has 4 rings (SSSR count). The molecule has 0 aliphatic heterocycles. The van der Waals surface area contributed by atoms with Crippen molar-refractivity contribution in [1.29, 1.82) is 0 Å². The van der Waals surface area contributed by atoms with E-state index in [2.05, 4.69) is 26.6 Å². The Labute approximate surface area is 156 Å². The van der Waals surface area contributed by atoms with Crippen molar-refractivity contribution in [2.45, 2.75) is 6.92 Å². The van der Waals surface area contributed by atoms with Crippen LogP contribution in [-0.2, 0) is 0 Å². The van der Waals surface area contributed by atoms with E-state index in [1.165, 1.54) is 18.3 Å². The molecular weight excluding hydrogens is 339 g/mol. The van der Waals surface area contributed by atoms with Crippen molar-refractivity contribution in [1.82, 2.24) is 9.97 Å². The van der Waals surface area contributed by atoms with Crippen molar-refractivity contribution in [3.8, 4) is 11.3 Å². The maximum Gasteiger partial charge on any atom is 0.244 e. The lowest BCUT2D eigenvalue weighted by molar-refractivity contribution is 0.627. The molecule has 4 aromatic rings. The highest BCUT2D eigenvalue weighted by Crippen LogP contribution is 2.28. The molecule has 0 spiro atoms. The fraction of sp³-hybridized carbons (Fsp3) is 0.0455. The highest BCUT2D eigenvalue weighted by atomic mass is 19.1. The summed E-state index contributed by atoms with van der Waals surface area (Å²) in [5, 5.41) is 5.13. The number of anilines is 1. The van der Waals surface area contributed by atoms with E-state index in [1.807, 2.05) is 49.4 Å². The molecule has 1 N–H and O–H groups in total. The Morgan fingerprint density at radius 3 is 2.59 bits per heavy atom. The number of rotatable bonds is 4. The molecule has 0 bridgehead atoms. The van der Waals surface area contributed by atoms with Crippen LogP contribution in [0.2, 0.25) is 0 Å². The minimum absolute atomic E-state index is 0.303. The Morgan fingerprint density at radius 1 is 0.926 bits per heavy atom. The summed E-state index contributed by atoms with van der Waals surface area (Å²) in [7, 11) is 0. The van der Waals surface area contributed by atoms with E-state index in [-0.39, 0.29) is 5.82 Å². The summed E-state index contributed by atoms with van der Waals surface area (Å²) in [4.78, 5) is 9.19. The Balaban J connectivity index is 1.72. The average molecular weight is 356 g/mol.